The van der Waals surface area contributed by atoms with E-state index in [9.17, 15) is 14.0 Å². The van der Waals surface area contributed by atoms with Crippen LogP contribution in [0.15, 0.2) is 53.7 Å². The highest BCUT2D eigenvalue weighted by molar-refractivity contribution is 7.99. The molecule has 6 nitrogen and oxygen atoms in total. The van der Waals surface area contributed by atoms with Gasteiger partial charge >= 0.3 is 0 Å². The van der Waals surface area contributed by atoms with Crippen molar-refractivity contribution in [3.8, 4) is 0 Å². The molecule has 31 heavy (non-hydrogen) atoms. The van der Waals surface area contributed by atoms with Crippen molar-refractivity contribution >= 4 is 34.6 Å². The Morgan fingerprint density at radius 3 is 2.58 bits per heavy atom. The highest BCUT2D eigenvalue weighted by Gasteiger charge is 2.26. The molecule has 0 saturated carbocycles. The lowest BCUT2D eigenvalue weighted by Crippen LogP contribution is -2.47. The van der Waals surface area contributed by atoms with E-state index in [0.29, 0.717) is 25.9 Å². The molecule has 162 valence electrons. The number of nitrogens with one attached hydrogen (secondary N) is 1. The van der Waals surface area contributed by atoms with Crippen LogP contribution in [0.5, 0.6) is 0 Å². The molecule has 0 spiro atoms. The first-order valence-corrected chi connectivity index (χ1v) is 11.5. The lowest BCUT2D eigenvalue weighted by molar-refractivity contribution is -0.119. The molecule has 0 bridgehead atoms. The maximum atomic E-state index is 13.9. The lowest BCUT2D eigenvalue weighted by Gasteiger charge is -2.32. The van der Waals surface area contributed by atoms with E-state index < -0.39 is 5.82 Å². The largest absolute Gasteiger partial charge is 0.353 e. The number of hydrogen-bond donors (Lipinski definition) is 1. The fourth-order valence-electron chi connectivity index (χ4n) is 3.90. The van der Waals surface area contributed by atoms with Crippen molar-refractivity contribution in [3.63, 3.8) is 0 Å². The smallest absolute Gasteiger partial charge is 0.256 e. The molecule has 2 heterocycles. The summed E-state index contributed by atoms with van der Waals surface area (Å²) in [7, 11) is 0. The molecule has 0 radical (unpaired) electrons. The Bertz CT molecular complexity index is 1090. The number of halogens is 1. The standard InChI is InChI=1S/C23H25FN4O2S/c1-2-28-20-10-6-5-9-19(20)26-23(28)31-15-21(29)25-16-11-13-27(14-12-16)22(30)17-7-3-4-8-18(17)24/h3-10,16H,2,11-15H2,1H3,(H,25,29). The summed E-state index contributed by atoms with van der Waals surface area (Å²) >= 11 is 1.43. The molecule has 1 aliphatic rings. The van der Waals surface area contributed by atoms with Crippen LogP contribution in [0, 0.1) is 5.82 Å². The molecule has 2 aromatic carbocycles. The Labute approximate surface area is 184 Å². The number of thioether (sulfide) groups is 1. The van der Waals surface area contributed by atoms with E-state index in [1.807, 2.05) is 24.3 Å². The molecule has 1 fully saturated rings. The minimum atomic E-state index is -0.502. The van der Waals surface area contributed by atoms with E-state index in [0.717, 1.165) is 22.7 Å². The molecule has 8 heteroatoms. The number of fused-ring (bicyclic) bond motifs is 1. The molecule has 1 aromatic heterocycles. The number of aryl methyl sites for hydroxylation is 1. The monoisotopic (exact) mass is 440 g/mol. The first-order valence-electron chi connectivity index (χ1n) is 10.5. The summed E-state index contributed by atoms with van der Waals surface area (Å²) in [6.45, 7) is 3.85. The third kappa shape index (κ3) is 4.74. The molecule has 0 unspecified atom stereocenters. The number of imidazole rings is 1. The number of carbonyl (C=O) groups is 2. The van der Waals surface area contributed by atoms with Crippen molar-refractivity contribution in [2.24, 2.45) is 0 Å². The molecular formula is C23H25FN4O2S. The number of carbonyl (C=O) groups excluding carboxylic acids is 2. The van der Waals surface area contributed by atoms with Gasteiger partial charge in [-0.3, -0.25) is 9.59 Å². The maximum absolute atomic E-state index is 13.9. The molecule has 0 atom stereocenters. The van der Waals surface area contributed by atoms with E-state index in [2.05, 4.69) is 21.8 Å². The van der Waals surface area contributed by atoms with E-state index in [1.54, 1.807) is 17.0 Å². The molecular weight excluding hydrogens is 415 g/mol. The SMILES string of the molecule is CCn1c(SCC(=O)NC2CCN(C(=O)c3ccccc3F)CC2)nc2ccccc21. The number of nitrogens with zero attached hydrogens (tertiary/aromatic N) is 3. The molecule has 4 rings (SSSR count). The topological polar surface area (TPSA) is 67.2 Å². The highest BCUT2D eigenvalue weighted by atomic mass is 32.2. The van der Waals surface area contributed by atoms with Gasteiger partial charge in [0.15, 0.2) is 5.16 Å². The normalized spacial score (nSPS) is 14.7. The molecule has 1 saturated heterocycles. The summed E-state index contributed by atoms with van der Waals surface area (Å²) in [5.74, 6) is -0.550. The van der Waals surface area contributed by atoms with Gasteiger partial charge in [-0.2, -0.15) is 0 Å². The van der Waals surface area contributed by atoms with E-state index in [4.69, 9.17) is 0 Å². The summed E-state index contributed by atoms with van der Waals surface area (Å²) in [6, 6.07) is 14.0. The first kappa shape index (κ1) is 21.4. The van der Waals surface area contributed by atoms with Crippen LogP contribution in [0.1, 0.15) is 30.1 Å². The Balaban J connectivity index is 1.28. The first-order chi connectivity index (χ1) is 15.1. The Hall–Kier alpha value is -2.87. The Kier molecular flexibility index (Phi) is 6.56. The third-order valence-corrected chi connectivity index (χ3v) is 6.50. The van der Waals surface area contributed by atoms with Crippen LogP contribution in [0.4, 0.5) is 4.39 Å². The van der Waals surface area contributed by atoms with Gasteiger partial charge in [-0.05, 0) is 44.0 Å². The maximum Gasteiger partial charge on any atom is 0.256 e. The van der Waals surface area contributed by atoms with Gasteiger partial charge in [0.05, 0.1) is 22.3 Å². The van der Waals surface area contributed by atoms with Gasteiger partial charge in [-0.1, -0.05) is 36.0 Å². The number of amides is 2. The number of rotatable bonds is 6. The van der Waals surface area contributed by atoms with E-state index in [1.165, 1.54) is 23.9 Å². The second-order valence-corrected chi connectivity index (χ2v) is 8.47. The van der Waals surface area contributed by atoms with Gasteiger partial charge in [0, 0.05) is 25.7 Å². The zero-order valence-corrected chi connectivity index (χ0v) is 18.2. The molecule has 2 amide bonds. The van der Waals surface area contributed by atoms with Crippen molar-refractivity contribution in [1.29, 1.82) is 0 Å². The number of benzene rings is 2. The fraction of sp³-hybridized carbons (Fsp3) is 0.348. The van der Waals surface area contributed by atoms with Crippen molar-refractivity contribution in [2.45, 2.75) is 37.5 Å². The van der Waals surface area contributed by atoms with E-state index >= 15 is 0 Å². The average Bonchev–Trinajstić information content (AvgIpc) is 3.15. The predicted molar refractivity (Wildman–Crippen MR) is 120 cm³/mol. The summed E-state index contributed by atoms with van der Waals surface area (Å²) in [6.07, 6.45) is 1.31. The predicted octanol–water partition coefficient (Wildman–Crippen LogP) is 3.71. The Morgan fingerprint density at radius 1 is 1.13 bits per heavy atom. The summed E-state index contributed by atoms with van der Waals surface area (Å²) < 4.78 is 16.0. The van der Waals surface area contributed by atoms with Gasteiger partial charge in [-0.15, -0.1) is 0 Å². The molecule has 3 aromatic rings. The van der Waals surface area contributed by atoms with Crippen LogP contribution in [-0.2, 0) is 11.3 Å². The minimum absolute atomic E-state index is 0.0164. The number of piperidine rings is 1. The van der Waals surface area contributed by atoms with Crippen LogP contribution in [0.2, 0.25) is 0 Å². The number of aromatic nitrogens is 2. The molecule has 0 aliphatic carbocycles. The number of hydrogen-bond acceptors (Lipinski definition) is 4. The van der Waals surface area contributed by atoms with Crippen molar-refractivity contribution in [2.75, 3.05) is 18.8 Å². The lowest BCUT2D eigenvalue weighted by atomic mass is 10.0. The van der Waals surface area contributed by atoms with Crippen LogP contribution in [-0.4, -0.2) is 51.1 Å². The Morgan fingerprint density at radius 2 is 1.84 bits per heavy atom. The summed E-state index contributed by atoms with van der Waals surface area (Å²) in [5, 5.41) is 3.90. The quantitative estimate of drug-likeness (QED) is 0.594. The van der Waals surface area contributed by atoms with Crippen molar-refractivity contribution < 1.29 is 14.0 Å². The van der Waals surface area contributed by atoms with E-state index in [-0.39, 0.29) is 29.2 Å². The van der Waals surface area contributed by atoms with Crippen molar-refractivity contribution in [3.05, 3.63) is 59.9 Å². The van der Waals surface area contributed by atoms with Gasteiger partial charge in [0.1, 0.15) is 5.82 Å². The van der Waals surface area contributed by atoms with Gasteiger partial charge in [-0.25, -0.2) is 9.37 Å². The summed E-state index contributed by atoms with van der Waals surface area (Å²) in [4.78, 5) is 31.3. The van der Waals surface area contributed by atoms with Gasteiger partial charge < -0.3 is 14.8 Å². The van der Waals surface area contributed by atoms with Crippen LogP contribution in [0.25, 0.3) is 11.0 Å². The fourth-order valence-corrected chi connectivity index (χ4v) is 4.79. The highest BCUT2D eigenvalue weighted by Crippen LogP contribution is 2.24. The second-order valence-electron chi connectivity index (χ2n) is 7.53. The molecule has 1 N–H and O–H groups in total. The van der Waals surface area contributed by atoms with Crippen molar-refractivity contribution in [1.82, 2.24) is 19.8 Å². The third-order valence-electron chi connectivity index (χ3n) is 5.52. The van der Waals surface area contributed by atoms with Crippen LogP contribution >= 0.6 is 11.8 Å². The van der Waals surface area contributed by atoms with Gasteiger partial charge in [0.2, 0.25) is 5.91 Å². The minimum Gasteiger partial charge on any atom is -0.353 e. The zero-order chi connectivity index (χ0) is 21.8. The van der Waals surface area contributed by atoms with Crippen LogP contribution in [0.3, 0.4) is 0 Å². The average molecular weight is 441 g/mol. The zero-order valence-electron chi connectivity index (χ0n) is 17.4. The van der Waals surface area contributed by atoms with Gasteiger partial charge in [0.25, 0.3) is 5.91 Å². The summed E-state index contributed by atoms with van der Waals surface area (Å²) in [5.41, 5.74) is 2.10. The molecule has 1 aliphatic heterocycles. The second kappa shape index (κ2) is 9.51. The number of para-hydroxylation sites is 2. The van der Waals surface area contributed by atoms with Crippen LogP contribution < -0.4 is 5.32 Å². The number of likely N-dealkylation sites (tertiary alicyclic amines) is 1.